The van der Waals surface area contributed by atoms with Gasteiger partial charge in [-0.1, -0.05) is 18.9 Å². The third-order valence-corrected chi connectivity index (χ3v) is 6.32. The summed E-state index contributed by atoms with van der Waals surface area (Å²) in [5.74, 6) is 0.748. The highest BCUT2D eigenvalue weighted by Gasteiger charge is 2.25. The Morgan fingerprint density at radius 3 is 2.60 bits per heavy atom. The number of piperidine rings is 1. The minimum Gasteiger partial charge on any atom is -0.477 e. The van der Waals surface area contributed by atoms with Crippen LogP contribution in [0.1, 0.15) is 66.5 Å². The lowest BCUT2D eigenvalue weighted by atomic mass is 9.91. The van der Waals surface area contributed by atoms with Gasteiger partial charge in [-0.25, -0.2) is 14.8 Å². The van der Waals surface area contributed by atoms with Crippen LogP contribution < -0.4 is 10.6 Å². The first-order valence-electron chi connectivity index (χ1n) is 10.7. The van der Waals surface area contributed by atoms with E-state index in [0.29, 0.717) is 23.3 Å². The molecule has 0 amide bonds. The Bertz CT molecular complexity index is 1050. The van der Waals surface area contributed by atoms with Gasteiger partial charge in [-0.2, -0.15) is 4.98 Å². The minimum atomic E-state index is -0.926. The molecule has 2 aliphatic rings. The lowest BCUT2D eigenvalue weighted by molar-refractivity contribution is 0.0683. The summed E-state index contributed by atoms with van der Waals surface area (Å²) in [6.45, 7) is 2.11. The highest BCUT2D eigenvalue weighted by Crippen LogP contribution is 2.34. The van der Waals surface area contributed by atoms with Crippen molar-refractivity contribution in [3.63, 3.8) is 0 Å². The molecule has 1 aliphatic heterocycles. The van der Waals surface area contributed by atoms with Crippen LogP contribution in [0.3, 0.4) is 0 Å². The Kier molecular flexibility index (Phi) is 5.08. The summed E-state index contributed by atoms with van der Waals surface area (Å²) in [7, 11) is 0. The fraction of sp³-hybridized carbons (Fsp3) is 0.455. The summed E-state index contributed by atoms with van der Waals surface area (Å²) in [6, 6.07) is 5.93. The molecule has 1 saturated carbocycles. The lowest BCUT2D eigenvalue weighted by Crippen LogP contribution is -2.26. The molecule has 0 aromatic carbocycles. The Morgan fingerprint density at radius 1 is 1.10 bits per heavy atom. The number of pyridine rings is 1. The predicted molar refractivity (Wildman–Crippen MR) is 114 cm³/mol. The number of aromatic carboxylic acids is 1. The molecule has 2 fully saturated rings. The summed E-state index contributed by atoms with van der Waals surface area (Å²) < 4.78 is 1.88. The molecule has 1 aliphatic carbocycles. The number of nitrogens with one attached hydrogen (secondary N) is 2. The van der Waals surface area contributed by atoms with Crippen molar-refractivity contribution >= 4 is 28.8 Å². The number of hydrogen-bond acceptors (Lipinski definition) is 6. The van der Waals surface area contributed by atoms with Crippen LogP contribution in [0.4, 0.5) is 11.8 Å². The van der Waals surface area contributed by atoms with Gasteiger partial charge in [0.1, 0.15) is 17.2 Å². The lowest BCUT2D eigenvalue weighted by Gasteiger charge is -2.22. The average molecular weight is 406 g/mol. The summed E-state index contributed by atoms with van der Waals surface area (Å²) >= 11 is 0. The van der Waals surface area contributed by atoms with Gasteiger partial charge < -0.3 is 20.3 Å². The van der Waals surface area contributed by atoms with Crippen LogP contribution in [-0.4, -0.2) is 43.7 Å². The van der Waals surface area contributed by atoms with Crippen LogP contribution in [0.2, 0.25) is 0 Å². The molecule has 0 spiro atoms. The fourth-order valence-electron chi connectivity index (χ4n) is 4.76. The van der Waals surface area contributed by atoms with E-state index in [-0.39, 0.29) is 11.7 Å². The van der Waals surface area contributed by atoms with Crippen molar-refractivity contribution in [2.24, 2.45) is 0 Å². The maximum absolute atomic E-state index is 11.8. The summed E-state index contributed by atoms with van der Waals surface area (Å²) in [4.78, 5) is 25.4. The maximum atomic E-state index is 11.8. The number of fused-ring (bicyclic) bond motifs is 1. The van der Waals surface area contributed by atoms with E-state index in [2.05, 4.69) is 31.7 Å². The monoisotopic (exact) mass is 406 g/mol. The van der Waals surface area contributed by atoms with Crippen LogP contribution in [-0.2, 0) is 0 Å². The van der Waals surface area contributed by atoms with Gasteiger partial charge >= 0.3 is 5.97 Å². The number of carboxylic acids is 1. The van der Waals surface area contributed by atoms with E-state index >= 15 is 0 Å². The van der Waals surface area contributed by atoms with E-state index in [0.717, 1.165) is 57.0 Å². The first-order chi connectivity index (χ1) is 14.7. The predicted octanol–water partition coefficient (Wildman–Crippen LogP) is 3.85. The molecule has 3 N–H and O–H groups in total. The highest BCUT2D eigenvalue weighted by molar-refractivity contribution is 5.93. The van der Waals surface area contributed by atoms with Crippen LogP contribution >= 0.6 is 0 Å². The molecule has 4 heterocycles. The van der Waals surface area contributed by atoms with Crippen LogP contribution in [0.25, 0.3) is 11.0 Å². The zero-order chi connectivity index (χ0) is 20.5. The van der Waals surface area contributed by atoms with Crippen molar-refractivity contribution < 1.29 is 9.90 Å². The summed E-state index contributed by atoms with van der Waals surface area (Å²) in [6.07, 6.45) is 10.1. The van der Waals surface area contributed by atoms with E-state index in [1.807, 2.05) is 16.8 Å². The Hall–Kier alpha value is -3.00. The first kappa shape index (κ1) is 19.0. The zero-order valence-electron chi connectivity index (χ0n) is 16.8. The van der Waals surface area contributed by atoms with Gasteiger partial charge in [0.15, 0.2) is 0 Å². The van der Waals surface area contributed by atoms with Crippen LogP contribution in [0.5, 0.6) is 0 Å². The normalized spacial score (nSPS) is 18.1. The van der Waals surface area contributed by atoms with Crippen molar-refractivity contribution in [2.45, 2.75) is 50.5 Å². The van der Waals surface area contributed by atoms with E-state index in [1.54, 1.807) is 12.3 Å². The fourth-order valence-corrected chi connectivity index (χ4v) is 4.76. The van der Waals surface area contributed by atoms with Crippen molar-refractivity contribution in [3.8, 4) is 0 Å². The molecule has 8 nitrogen and oxygen atoms in total. The quantitative estimate of drug-likeness (QED) is 0.591. The molecule has 3 aromatic rings. The third kappa shape index (κ3) is 3.63. The number of aromatic nitrogens is 4. The number of anilines is 2. The van der Waals surface area contributed by atoms with Gasteiger partial charge in [0.05, 0.1) is 0 Å². The Balaban J connectivity index is 1.42. The Labute approximate surface area is 174 Å². The number of nitrogens with zero attached hydrogens (tertiary/aromatic N) is 4. The molecule has 0 bridgehead atoms. The van der Waals surface area contributed by atoms with Gasteiger partial charge in [-0.3, -0.25) is 0 Å². The van der Waals surface area contributed by atoms with E-state index < -0.39 is 5.97 Å². The number of rotatable bonds is 5. The van der Waals surface area contributed by atoms with E-state index in [1.165, 1.54) is 5.56 Å². The van der Waals surface area contributed by atoms with E-state index in [9.17, 15) is 9.90 Å². The highest BCUT2D eigenvalue weighted by atomic mass is 16.4. The maximum Gasteiger partial charge on any atom is 0.352 e. The largest absolute Gasteiger partial charge is 0.477 e. The summed E-state index contributed by atoms with van der Waals surface area (Å²) in [5, 5.41) is 17.0. The molecule has 30 heavy (non-hydrogen) atoms. The van der Waals surface area contributed by atoms with Crippen molar-refractivity contribution in [1.82, 2.24) is 24.8 Å². The van der Waals surface area contributed by atoms with Crippen LogP contribution in [0, 0.1) is 0 Å². The molecule has 5 rings (SSSR count). The first-order valence-corrected chi connectivity index (χ1v) is 10.7. The second-order valence-electron chi connectivity index (χ2n) is 8.24. The number of carbonyl (C=O) groups is 1. The van der Waals surface area contributed by atoms with E-state index in [4.69, 9.17) is 0 Å². The number of hydrogen-bond donors (Lipinski definition) is 3. The summed E-state index contributed by atoms with van der Waals surface area (Å²) in [5.41, 5.74) is 2.22. The zero-order valence-corrected chi connectivity index (χ0v) is 16.8. The van der Waals surface area contributed by atoms with Crippen molar-refractivity contribution in [1.29, 1.82) is 0 Å². The van der Waals surface area contributed by atoms with Crippen molar-refractivity contribution in [3.05, 3.63) is 41.9 Å². The topological polar surface area (TPSA) is 105 Å². The second kappa shape index (κ2) is 8.02. The van der Waals surface area contributed by atoms with Gasteiger partial charge in [-0.15, -0.1) is 0 Å². The molecular formula is C22H26N6O2. The molecule has 156 valence electrons. The molecule has 1 saturated heterocycles. The smallest absolute Gasteiger partial charge is 0.352 e. The standard InChI is InChI=1S/C22H26N6O2/c29-21(30)18-11-16-13-25-22(27-20(16)28(18)17-3-1-2-4-17)26-19-6-5-15(12-24-19)14-7-9-23-10-8-14/h5-6,11-14,17,23H,1-4,7-10H2,(H,29,30)(H,24,25,26,27). The van der Waals surface area contributed by atoms with Gasteiger partial charge in [0, 0.05) is 23.8 Å². The molecule has 0 radical (unpaired) electrons. The molecule has 3 aromatic heterocycles. The number of carboxylic acid groups (broad SMARTS) is 1. The van der Waals surface area contributed by atoms with Crippen LogP contribution in [0.15, 0.2) is 30.6 Å². The SMILES string of the molecule is O=C(O)c1cc2cnc(Nc3ccc(C4CCNCC4)cn3)nc2n1C1CCCC1. The molecule has 0 unspecified atom stereocenters. The third-order valence-electron chi connectivity index (χ3n) is 6.32. The second-order valence-corrected chi connectivity index (χ2v) is 8.24. The molecular weight excluding hydrogens is 380 g/mol. The molecule has 0 atom stereocenters. The van der Waals surface area contributed by atoms with Gasteiger partial charge in [0.2, 0.25) is 5.95 Å². The molecule has 8 heteroatoms. The van der Waals surface area contributed by atoms with Gasteiger partial charge in [-0.05, 0) is 62.4 Å². The Morgan fingerprint density at radius 2 is 1.90 bits per heavy atom. The van der Waals surface area contributed by atoms with Gasteiger partial charge in [0.25, 0.3) is 0 Å². The minimum absolute atomic E-state index is 0.179. The average Bonchev–Trinajstić information content (AvgIpc) is 3.42. The van der Waals surface area contributed by atoms with Crippen molar-refractivity contribution in [2.75, 3.05) is 18.4 Å².